The molecule has 2 rings (SSSR count). The molecule has 0 bridgehead atoms. The number of carboxylic acids is 1. The van der Waals surface area contributed by atoms with E-state index in [1.807, 2.05) is 0 Å². The van der Waals surface area contributed by atoms with Crippen molar-refractivity contribution in [2.24, 2.45) is 0 Å². The lowest BCUT2D eigenvalue weighted by molar-refractivity contribution is -0.139. The number of carbonyl (C=O) groups excluding carboxylic acids is 1. The number of aliphatic carboxylic acids is 1. The first-order chi connectivity index (χ1) is 9.93. The van der Waals surface area contributed by atoms with Crippen LogP contribution in [-0.2, 0) is 9.53 Å². The van der Waals surface area contributed by atoms with Gasteiger partial charge in [-0.1, -0.05) is 0 Å². The molecular formula is C14H17NO6. The lowest BCUT2D eigenvalue weighted by atomic mass is 9.98. The summed E-state index contributed by atoms with van der Waals surface area (Å²) in [6, 6.07) is 4.80. The number of methoxy groups -OCH3 is 1. The average molecular weight is 295 g/mol. The molecule has 0 saturated carbocycles. The predicted octanol–water partition coefficient (Wildman–Crippen LogP) is 1.02. The highest BCUT2D eigenvalue weighted by Gasteiger charge is 2.30. The van der Waals surface area contributed by atoms with Crippen molar-refractivity contribution in [2.45, 2.75) is 18.9 Å². The number of rotatable bonds is 6. The highest BCUT2D eigenvalue weighted by Crippen LogP contribution is 2.32. The summed E-state index contributed by atoms with van der Waals surface area (Å²) in [7, 11) is 1.45. The molecule has 0 spiro atoms. The Balaban J connectivity index is 2.13. The highest BCUT2D eigenvalue weighted by atomic mass is 16.7. The van der Waals surface area contributed by atoms with Crippen LogP contribution in [0, 0.1) is 0 Å². The molecule has 1 heterocycles. The summed E-state index contributed by atoms with van der Waals surface area (Å²) < 4.78 is 15.4. The number of fused-ring (bicyclic) bond motifs is 1. The van der Waals surface area contributed by atoms with Crippen LogP contribution in [0.4, 0.5) is 0 Å². The van der Waals surface area contributed by atoms with Crippen molar-refractivity contribution in [1.29, 1.82) is 0 Å². The maximum absolute atomic E-state index is 12.3. The normalized spacial score (nSPS) is 15.3. The third kappa shape index (κ3) is 3.63. The summed E-state index contributed by atoms with van der Waals surface area (Å²) in [6.07, 6.45) is -0.239. The van der Waals surface area contributed by atoms with Crippen molar-refractivity contribution >= 4 is 11.9 Å². The van der Waals surface area contributed by atoms with Crippen molar-refractivity contribution < 1.29 is 28.9 Å². The van der Waals surface area contributed by atoms with Crippen LogP contribution >= 0.6 is 0 Å². The van der Waals surface area contributed by atoms with E-state index in [2.05, 4.69) is 5.32 Å². The van der Waals surface area contributed by atoms with Gasteiger partial charge in [0.05, 0.1) is 18.6 Å². The predicted molar refractivity (Wildman–Crippen MR) is 72.6 cm³/mol. The van der Waals surface area contributed by atoms with E-state index in [1.165, 1.54) is 7.11 Å². The van der Waals surface area contributed by atoms with Gasteiger partial charge in [0.25, 0.3) is 5.91 Å². The van der Waals surface area contributed by atoms with Crippen LogP contribution in [0.1, 0.15) is 23.7 Å². The molecule has 0 aromatic heterocycles. The van der Waals surface area contributed by atoms with E-state index in [-0.39, 0.29) is 19.8 Å². The van der Waals surface area contributed by atoms with Gasteiger partial charge in [-0.15, -0.1) is 0 Å². The van der Waals surface area contributed by atoms with Crippen LogP contribution in [0.15, 0.2) is 18.2 Å². The standard InChI is InChI=1S/C14H17NO6/c1-14(7-19-2,6-12(16)17)15-13(18)9-3-4-10-11(5-9)21-8-20-10/h3-5H,6-8H2,1-2H3,(H,15,18)(H,16,17). The van der Waals surface area contributed by atoms with E-state index >= 15 is 0 Å². The third-order valence-corrected chi connectivity index (χ3v) is 3.05. The number of carboxylic acid groups (broad SMARTS) is 1. The number of nitrogens with one attached hydrogen (secondary N) is 1. The molecule has 1 aromatic carbocycles. The van der Waals surface area contributed by atoms with Gasteiger partial charge in [-0.2, -0.15) is 0 Å². The molecular weight excluding hydrogens is 278 g/mol. The second-order valence-electron chi connectivity index (χ2n) is 5.09. The van der Waals surface area contributed by atoms with E-state index in [1.54, 1.807) is 25.1 Å². The third-order valence-electron chi connectivity index (χ3n) is 3.05. The minimum Gasteiger partial charge on any atom is -0.481 e. The van der Waals surface area contributed by atoms with Crippen LogP contribution in [-0.4, -0.2) is 43.0 Å². The summed E-state index contributed by atoms with van der Waals surface area (Å²) in [4.78, 5) is 23.2. The Hall–Kier alpha value is -2.28. The maximum atomic E-state index is 12.3. The van der Waals surface area contributed by atoms with E-state index in [9.17, 15) is 9.59 Å². The summed E-state index contributed by atoms with van der Waals surface area (Å²) in [6.45, 7) is 1.84. The zero-order valence-electron chi connectivity index (χ0n) is 11.8. The fourth-order valence-corrected chi connectivity index (χ4v) is 2.17. The van der Waals surface area contributed by atoms with Gasteiger partial charge < -0.3 is 24.6 Å². The Kier molecular flexibility index (Phi) is 4.32. The quantitative estimate of drug-likeness (QED) is 0.814. The molecule has 114 valence electrons. The van der Waals surface area contributed by atoms with Crippen molar-refractivity contribution in [1.82, 2.24) is 5.32 Å². The van der Waals surface area contributed by atoms with E-state index in [0.717, 1.165) is 0 Å². The van der Waals surface area contributed by atoms with Gasteiger partial charge >= 0.3 is 5.97 Å². The smallest absolute Gasteiger partial charge is 0.305 e. The Labute approximate surface area is 121 Å². The number of benzene rings is 1. The largest absolute Gasteiger partial charge is 0.481 e. The first-order valence-corrected chi connectivity index (χ1v) is 6.36. The molecule has 0 saturated heterocycles. The number of carbonyl (C=O) groups is 2. The molecule has 0 radical (unpaired) electrons. The second-order valence-corrected chi connectivity index (χ2v) is 5.09. The van der Waals surface area contributed by atoms with Gasteiger partial charge in [0, 0.05) is 12.7 Å². The van der Waals surface area contributed by atoms with Gasteiger partial charge in [-0.25, -0.2) is 0 Å². The van der Waals surface area contributed by atoms with Crippen LogP contribution in [0.2, 0.25) is 0 Å². The van der Waals surface area contributed by atoms with E-state index in [0.29, 0.717) is 17.1 Å². The molecule has 1 atom stereocenters. The number of hydrogen-bond donors (Lipinski definition) is 2. The van der Waals surface area contributed by atoms with Gasteiger partial charge in [0.2, 0.25) is 6.79 Å². The maximum Gasteiger partial charge on any atom is 0.305 e. The molecule has 21 heavy (non-hydrogen) atoms. The van der Waals surface area contributed by atoms with Gasteiger partial charge in [-0.05, 0) is 25.1 Å². The molecule has 2 N–H and O–H groups in total. The van der Waals surface area contributed by atoms with Crippen LogP contribution in [0.3, 0.4) is 0 Å². The summed E-state index contributed by atoms with van der Waals surface area (Å²) >= 11 is 0. The van der Waals surface area contributed by atoms with Gasteiger partial charge in [0.1, 0.15) is 0 Å². The molecule has 0 fully saturated rings. The minimum atomic E-state index is -1.01. The molecule has 7 heteroatoms. The molecule has 7 nitrogen and oxygen atoms in total. The zero-order valence-corrected chi connectivity index (χ0v) is 11.8. The lowest BCUT2D eigenvalue weighted by Crippen LogP contribution is -2.50. The molecule has 1 unspecified atom stereocenters. The van der Waals surface area contributed by atoms with E-state index < -0.39 is 17.4 Å². The molecule has 1 aliphatic rings. The summed E-state index contributed by atoms with van der Waals surface area (Å²) in [5.41, 5.74) is -0.624. The lowest BCUT2D eigenvalue weighted by Gasteiger charge is -2.28. The summed E-state index contributed by atoms with van der Waals surface area (Å²) in [5, 5.41) is 11.6. The molecule has 1 amide bonds. The molecule has 1 aromatic rings. The van der Waals surface area contributed by atoms with E-state index in [4.69, 9.17) is 19.3 Å². The fraction of sp³-hybridized carbons (Fsp3) is 0.429. The Bertz CT molecular complexity index is 558. The zero-order chi connectivity index (χ0) is 15.5. The van der Waals surface area contributed by atoms with Crippen LogP contribution < -0.4 is 14.8 Å². The Morgan fingerprint density at radius 2 is 2.10 bits per heavy atom. The van der Waals surface area contributed by atoms with Crippen LogP contribution in [0.25, 0.3) is 0 Å². The molecule has 1 aliphatic heterocycles. The fourth-order valence-electron chi connectivity index (χ4n) is 2.17. The van der Waals surface area contributed by atoms with Crippen LogP contribution in [0.5, 0.6) is 11.5 Å². The Morgan fingerprint density at radius 3 is 2.76 bits per heavy atom. The SMILES string of the molecule is COCC(C)(CC(=O)O)NC(=O)c1ccc2c(c1)OCO2. The number of hydrogen-bond acceptors (Lipinski definition) is 5. The average Bonchev–Trinajstić information content (AvgIpc) is 2.84. The first-order valence-electron chi connectivity index (χ1n) is 6.36. The van der Waals surface area contributed by atoms with Crippen molar-refractivity contribution in [3.63, 3.8) is 0 Å². The summed E-state index contributed by atoms with van der Waals surface area (Å²) in [5.74, 6) is -0.333. The Morgan fingerprint density at radius 1 is 1.38 bits per heavy atom. The minimum absolute atomic E-state index is 0.0928. The molecule has 0 aliphatic carbocycles. The van der Waals surface area contributed by atoms with Gasteiger partial charge in [-0.3, -0.25) is 9.59 Å². The monoisotopic (exact) mass is 295 g/mol. The van der Waals surface area contributed by atoms with Gasteiger partial charge in [0.15, 0.2) is 11.5 Å². The highest BCUT2D eigenvalue weighted by molar-refractivity contribution is 5.95. The number of amides is 1. The van der Waals surface area contributed by atoms with Crippen molar-refractivity contribution in [3.8, 4) is 11.5 Å². The number of ether oxygens (including phenoxy) is 3. The van der Waals surface area contributed by atoms with Crippen molar-refractivity contribution in [2.75, 3.05) is 20.5 Å². The first kappa shape index (κ1) is 15.1. The van der Waals surface area contributed by atoms with Crippen molar-refractivity contribution in [3.05, 3.63) is 23.8 Å². The second kappa shape index (κ2) is 6.01. The topological polar surface area (TPSA) is 94.1 Å².